The first-order chi connectivity index (χ1) is 38.0. The van der Waals surface area contributed by atoms with Crippen LogP contribution in [0.1, 0.15) is 141 Å². The summed E-state index contributed by atoms with van der Waals surface area (Å²) in [5, 5.41) is 37.2. The fraction of sp³-hybridized carbons (Fsp3) is 0.0893. The van der Waals surface area contributed by atoms with Gasteiger partial charge in [0.1, 0.15) is 12.6 Å². The summed E-state index contributed by atoms with van der Waals surface area (Å²) in [5.74, 6) is 1.79. The van der Waals surface area contributed by atoms with Crippen LogP contribution in [-0.2, 0) is 13.9 Å². The molecule has 7 rings (SSSR count). The summed E-state index contributed by atoms with van der Waals surface area (Å²) in [4.78, 5) is 99.2. The normalized spacial score (nSPS) is 10.4. The fourth-order valence-corrected chi connectivity index (χ4v) is 6.38. The predicted molar refractivity (Wildman–Crippen MR) is 308 cm³/mol. The number of hydroxylamine groups is 3. The van der Waals surface area contributed by atoms with Crippen molar-refractivity contribution in [3.8, 4) is 0 Å². The molecular weight excluding hydrogens is 1080 g/mol. The summed E-state index contributed by atoms with van der Waals surface area (Å²) in [6.45, 7) is 1.56. The molecule has 0 heterocycles. The van der Waals surface area contributed by atoms with Crippen LogP contribution in [-0.4, -0.2) is 74.1 Å². The Kier molecular flexibility index (Phi) is 32.5. The minimum atomic E-state index is -0.984. The van der Waals surface area contributed by atoms with Crippen molar-refractivity contribution >= 4 is 82.0 Å². The SMILES string of the molecule is CC(=O)c1ccccc1.NOP.O=C(CC(O)c1ccc(C(=O)NO)cc1)c1ccccc1.O=C(CC(O)c1ccc(C(=O)NOP)cc1)c1ccccc1.O=Cc1ccc(C(=O)NOP)cc1.O=Cc1ccc(C(=O)O)cc1.[3HH].[3HH].[3HH]. The zero-order valence-electron chi connectivity index (χ0n) is 42.1. The maximum absolute atomic E-state index is 12.0. The maximum atomic E-state index is 12.0. The molecule has 0 aliphatic heterocycles. The summed E-state index contributed by atoms with van der Waals surface area (Å²) in [5.41, 5.74) is 11.1. The number of ketones is 3. The van der Waals surface area contributed by atoms with Gasteiger partial charge in [-0.05, 0) is 66.6 Å². The molecule has 0 aliphatic rings. The summed E-state index contributed by atoms with van der Waals surface area (Å²) in [6.07, 6.45) is -0.508. The first kappa shape index (κ1) is 66.9. The zero-order valence-corrected chi connectivity index (χ0v) is 45.6. The van der Waals surface area contributed by atoms with Gasteiger partial charge in [0, 0.05) is 90.0 Å². The monoisotopic (exact) mass is 1150 g/mol. The van der Waals surface area contributed by atoms with E-state index in [1.807, 2.05) is 70.9 Å². The number of amides is 3. The largest absolute Gasteiger partial charge is 0.478 e. The van der Waals surface area contributed by atoms with E-state index in [1.165, 1.54) is 41.9 Å². The zero-order chi connectivity index (χ0) is 58.5. The molecule has 0 radical (unpaired) electrons. The Labute approximate surface area is 465 Å². The first-order valence-electron chi connectivity index (χ1n) is 22.9. The highest BCUT2D eigenvalue weighted by molar-refractivity contribution is 7.10. The number of carbonyl (C=O) groups is 9. The quantitative estimate of drug-likeness (QED) is 0.0139. The third-order valence-corrected chi connectivity index (χ3v) is 10.5. The second-order valence-corrected chi connectivity index (χ2v) is 16.4. The molecule has 0 fully saturated rings. The number of carboxylic acids is 1. The number of rotatable bonds is 17. The van der Waals surface area contributed by atoms with E-state index < -0.39 is 30.0 Å². The standard InChI is InChI=1S/C16H16NO4P.C16H15NO4.C8H8NO3P.C8H6O3.C8H8O.H4NOP.3H2/c18-14(11-4-2-1-3-5-11)10-15(19)12-6-8-13(9-7-12)16(20)17-21-22;18-14(11-4-2-1-3-5-11)10-15(19)12-6-8-13(9-7-12)16(20)17-21;10-5-6-1-3-7(4-2-6)8(11)9-12-13;9-5-6-1-3-7(4-2-6)8(10)11;1-7(9)8-5-3-2-4-6-8;1-2-3;;;/h1-9,15,19H,10,22H2,(H,17,20);1-9,15,19,21H,10H2,(H,17,20);1-5H,13H2,(H,9,11);1-5H,(H,10,11);2-6H,1H3;1,3H2;3*1H/i;;;;;;3*1+2. The van der Waals surface area contributed by atoms with E-state index in [0.29, 0.717) is 57.1 Å². The molecule has 20 nitrogen and oxygen atoms in total. The highest BCUT2D eigenvalue weighted by atomic mass is 31.0. The van der Waals surface area contributed by atoms with Gasteiger partial charge in [0.2, 0.25) is 0 Å². The van der Waals surface area contributed by atoms with Crippen LogP contribution in [0.5, 0.6) is 0 Å². The van der Waals surface area contributed by atoms with Gasteiger partial charge >= 0.3 is 5.97 Å². The van der Waals surface area contributed by atoms with Gasteiger partial charge in [0.25, 0.3) is 17.7 Å². The van der Waals surface area contributed by atoms with Crippen molar-refractivity contribution in [3.05, 3.63) is 249 Å². The van der Waals surface area contributed by atoms with Crippen molar-refractivity contribution in [2.24, 2.45) is 5.90 Å². The summed E-state index contributed by atoms with van der Waals surface area (Å²) < 4.78 is 12.5. The maximum Gasteiger partial charge on any atom is 0.335 e. The Hall–Kier alpha value is -8.22. The number of nitrogens with two attached hydrogens (primary N) is 1. The molecule has 5 unspecified atom stereocenters. The number of aliphatic hydroxyl groups excluding tert-OH is 2. The number of aldehydes is 2. The van der Waals surface area contributed by atoms with Crippen molar-refractivity contribution in [2.75, 3.05) is 0 Å². The molecule has 79 heavy (non-hydrogen) atoms. The van der Waals surface area contributed by atoms with Crippen molar-refractivity contribution in [2.45, 2.75) is 32.0 Å². The summed E-state index contributed by atoms with van der Waals surface area (Å²) >= 11 is 0. The molecule has 23 heteroatoms. The number of aliphatic hydroxyl groups is 2. The minimum Gasteiger partial charge on any atom is -0.478 e. The molecule has 9 N–H and O–H groups in total. The fourth-order valence-electron chi connectivity index (χ4n) is 6.16. The number of Topliss-reactive ketones (excluding diaryl/α,β-unsaturated/α-hetero) is 3. The number of carboxylic acid groups (broad SMARTS) is 1. The van der Waals surface area contributed by atoms with Crippen LogP contribution in [0.4, 0.5) is 0 Å². The third kappa shape index (κ3) is 25.7. The van der Waals surface area contributed by atoms with Gasteiger partial charge in [-0.25, -0.2) is 27.1 Å². The molecule has 0 saturated heterocycles. The number of hydrogen-bond donors (Lipinski definition) is 8. The number of hydrogen-bond acceptors (Lipinski definition) is 16. The Bertz CT molecular complexity index is 3020. The highest BCUT2D eigenvalue weighted by Gasteiger charge is 2.17. The molecule has 3 amide bonds. The van der Waals surface area contributed by atoms with Gasteiger partial charge in [0.05, 0.1) is 17.8 Å². The molecular formula is C56H63N4O16P3. The van der Waals surface area contributed by atoms with E-state index in [-0.39, 0.29) is 51.5 Å². The van der Waals surface area contributed by atoms with Crippen LogP contribution in [0.3, 0.4) is 0 Å². The average Bonchev–Trinajstić information content (AvgIpc) is 3.48. The molecule has 0 aromatic heterocycles. The van der Waals surface area contributed by atoms with Gasteiger partial charge in [-0.3, -0.25) is 57.4 Å². The number of nitrogens with one attached hydrogen (secondary N) is 3. The molecule has 0 saturated carbocycles. The smallest absolute Gasteiger partial charge is 0.335 e. The molecule has 7 aromatic rings. The minimum absolute atomic E-state index is 0. The van der Waals surface area contributed by atoms with E-state index >= 15 is 0 Å². The molecule has 0 spiro atoms. The summed E-state index contributed by atoms with van der Waals surface area (Å²) in [7, 11) is 5.68. The third-order valence-electron chi connectivity index (χ3n) is 10.3. The highest BCUT2D eigenvalue weighted by Crippen LogP contribution is 2.21. The number of carbonyl (C=O) groups excluding carboxylic acids is 8. The van der Waals surface area contributed by atoms with Gasteiger partial charge in [-0.15, -0.1) is 0 Å². The van der Waals surface area contributed by atoms with Crippen molar-refractivity contribution in [1.82, 2.24) is 16.4 Å². The molecule has 0 aliphatic carbocycles. The van der Waals surface area contributed by atoms with Crippen LogP contribution in [0, 0.1) is 0 Å². The Morgan fingerprint density at radius 2 is 0.772 bits per heavy atom. The van der Waals surface area contributed by atoms with E-state index in [1.54, 1.807) is 116 Å². The Balaban J connectivity index is 0. The van der Waals surface area contributed by atoms with Gasteiger partial charge in [-0.1, -0.05) is 140 Å². The second kappa shape index (κ2) is 38.3. The van der Waals surface area contributed by atoms with Crippen LogP contribution < -0.4 is 22.3 Å². The molecule has 7 aromatic carbocycles. The average molecular weight is 1150 g/mol. The molecule has 5 atom stereocenters. The van der Waals surface area contributed by atoms with E-state index in [0.717, 1.165) is 5.56 Å². The van der Waals surface area contributed by atoms with Crippen LogP contribution in [0.2, 0.25) is 0 Å². The molecule has 0 bridgehead atoms. The second-order valence-electron chi connectivity index (χ2n) is 15.6. The van der Waals surface area contributed by atoms with Crippen molar-refractivity contribution < 1.29 is 81.8 Å². The van der Waals surface area contributed by atoms with Crippen LogP contribution in [0.25, 0.3) is 0 Å². The predicted octanol–water partition coefficient (Wildman–Crippen LogP) is 9.00. The van der Waals surface area contributed by atoms with E-state index in [4.69, 9.17) is 10.3 Å². The first-order valence-corrected chi connectivity index (χ1v) is 24.3. The topological polar surface area (TPSA) is 324 Å². The van der Waals surface area contributed by atoms with Gasteiger partial charge < -0.3 is 15.3 Å². The Morgan fingerprint density at radius 3 is 1.04 bits per heavy atom. The van der Waals surface area contributed by atoms with Crippen molar-refractivity contribution in [1.29, 1.82) is 0 Å². The number of aromatic carboxylic acids is 1. The van der Waals surface area contributed by atoms with Crippen LogP contribution in [0.15, 0.2) is 188 Å². The van der Waals surface area contributed by atoms with Crippen molar-refractivity contribution in [3.63, 3.8) is 0 Å². The molecule has 418 valence electrons. The van der Waals surface area contributed by atoms with Gasteiger partial charge in [0.15, 0.2) is 17.3 Å². The Morgan fingerprint density at radius 1 is 0.481 bits per heavy atom. The van der Waals surface area contributed by atoms with Crippen LogP contribution >= 0.6 is 28.4 Å². The lowest BCUT2D eigenvalue weighted by Gasteiger charge is -2.11. The summed E-state index contributed by atoms with van der Waals surface area (Å²) in [6, 6.07) is 51.1. The van der Waals surface area contributed by atoms with E-state index in [2.05, 4.69) is 30.7 Å². The lowest BCUT2D eigenvalue weighted by Crippen LogP contribution is -2.19. The van der Waals surface area contributed by atoms with Gasteiger partial charge in [-0.2, -0.15) is 0 Å². The lowest BCUT2D eigenvalue weighted by atomic mass is 9.99. The van der Waals surface area contributed by atoms with E-state index in [9.17, 15) is 53.4 Å². The lowest BCUT2D eigenvalue weighted by molar-refractivity contribution is 0.0692. The number of benzene rings is 7.